The zero-order valence-corrected chi connectivity index (χ0v) is 9.71. The molecule has 2 rings (SSSR count). The van der Waals surface area contributed by atoms with E-state index in [2.05, 4.69) is 15.9 Å². The molecule has 0 unspecified atom stereocenters. The second-order valence-corrected chi connectivity index (χ2v) is 4.12. The van der Waals surface area contributed by atoms with Crippen LogP contribution in [-0.4, -0.2) is 18.4 Å². The lowest BCUT2D eigenvalue weighted by Gasteiger charge is -2.08. The molecule has 1 aromatic rings. The summed E-state index contributed by atoms with van der Waals surface area (Å²) in [6.45, 7) is 0.805. The molecule has 0 aromatic heterocycles. The van der Waals surface area contributed by atoms with Crippen molar-refractivity contribution in [3.63, 3.8) is 0 Å². The lowest BCUT2D eigenvalue weighted by Crippen LogP contribution is -2.00. The fourth-order valence-electron chi connectivity index (χ4n) is 1.53. The first-order valence-corrected chi connectivity index (χ1v) is 5.53. The highest BCUT2D eigenvalue weighted by Gasteiger charge is 2.22. The van der Waals surface area contributed by atoms with Crippen LogP contribution < -0.4 is 15.2 Å². The van der Waals surface area contributed by atoms with Gasteiger partial charge in [0.25, 0.3) is 0 Å². The molecule has 1 aromatic carbocycles. The van der Waals surface area contributed by atoms with Gasteiger partial charge in [0.2, 0.25) is 6.79 Å². The SMILES string of the molecule is NCCCc1cc2c(c(Br)c1O)OCO2. The van der Waals surface area contributed by atoms with Crippen LogP contribution in [0, 0.1) is 0 Å². The van der Waals surface area contributed by atoms with E-state index in [9.17, 15) is 5.11 Å². The van der Waals surface area contributed by atoms with E-state index in [1.807, 2.05) is 0 Å². The van der Waals surface area contributed by atoms with Crippen molar-refractivity contribution < 1.29 is 14.6 Å². The summed E-state index contributed by atoms with van der Waals surface area (Å²) in [5.41, 5.74) is 6.26. The summed E-state index contributed by atoms with van der Waals surface area (Å²) in [5.74, 6) is 1.46. The standard InChI is InChI=1S/C10H12BrNO3/c11-8-9(13)6(2-1-3-12)4-7-10(8)15-5-14-7/h4,13H,1-3,5,12H2. The summed E-state index contributed by atoms with van der Waals surface area (Å²) in [5, 5.41) is 9.87. The minimum atomic E-state index is 0.202. The van der Waals surface area contributed by atoms with Crippen LogP contribution in [0.2, 0.25) is 0 Å². The van der Waals surface area contributed by atoms with Crippen LogP contribution >= 0.6 is 15.9 Å². The van der Waals surface area contributed by atoms with Gasteiger partial charge in [0, 0.05) is 0 Å². The second-order valence-electron chi connectivity index (χ2n) is 3.32. The fourth-order valence-corrected chi connectivity index (χ4v) is 2.09. The normalized spacial score (nSPS) is 13.2. The molecule has 0 saturated carbocycles. The topological polar surface area (TPSA) is 64.7 Å². The van der Waals surface area contributed by atoms with Crippen LogP contribution in [0.15, 0.2) is 10.5 Å². The van der Waals surface area contributed by atoms with E-state index >= 15 is 0 Å². The number of ether oxygens (including phenoxy) is 2. The number of halogens is 1. The summed E-state index contributed by atoms with van der Waals surface area (Å²) in [6, 6.07) is 1.80. The number of benzene rings is 1. The van der Waals surface area contributed by atoms with Crippen LogP contribution in [0.25, 0.3) is 0 Å². The summed E-state index contributed by atoms with van der Waals surface area (Å²) >= 11 is 3.29. The van der Waals surface area contributed by atoms with E-state index in [4.69, 9.17) is 15.2 Å². The number of rotatable bonds is 3. The Balaban J connectivity index is 2.36. The molecule has 0 radical (unpaired) electrons. The van der Waals surface area contributed by atoms with Gasteiger partial charge in [-0.1, -0.05) is 0 Å². The van der Waals surface area contributed by atoms with E-state index in [0.29, 0.717) is 22.5 Å². The Kier molecular flexibility index (Phi) is 3.02. The highest BCUT2D eigenvalue weighted by atomic mass is 79.9. The summed E-state index contributed by atoms with van der Waals surface area (Å²) in [7, 11) is 0. The van der Waals surface area contributed by atoms with Crippen molar-refractivity contribution >= 4 is 15.9 Å². The Labute approximate surface area is 96.1 Å². The monoisotopic (exact) mass is 273 g/mol. The fraction of sp³-hybridized carbons (Fsp3) is 0.400. The first-order valence-electron chi connectivity index (χ1n) is 4.74. The molecule has 82 valence electrons. The minimum Gasteiger partial charge on any atom is -0.506 e. The third-order valence-corrected chi connectivity index (χ3v) is 3.04. The van der Waals surface area contributed by atoms with Gasteiger partial charge in [-0.25, -0.2) is 0 Å². The average molecular weight is 274 g/mol. The molecule has 0 amide bonds. The molecule has 5 heteroatoms. The first-order chi connectivity index (χ1) is 7.24. The van der Waals surface area contributed by atoms with Crippen LogP contribution in [0.5, 0.6) is 17.2 Å². The van der Waals surface area contributed by atoms with Crippen LogP contribution in [0.3, 0.4) is 0 Å². The van der Waals surface area contributed by atoms with Gasteiger partial charge in [-0.05, 0) is 46.9 Å². The lowest BCUT2D eigenvalue weighted by molar-refractivity contribution is 0.173. The average Bonchev–Trinajstić information content (AvgIpc) is 2.69. The molecule has 0 fully saturated rings. The van der Waals surface area contributed by atoms with Crippen molar-refractivity contribution in [2.45, 2.75) is 12.8 Å². The number of fused-ring (bicyclic) bond motifs is 1. The Morgan fingerprint density at radius 3 is 3.00 bits per heavy atom. The molecular weight excluding hydrogens is 262 g/mol. The zero-order valence-electron chi connectivity index (χ0n) is 8.12. The molecule has 0 bridgehead atoms. The van der Waals surface area contributed by atoms with E-state index in [0.717, 1.165) is 18.4 Å². The number of nitrogens with two attached hydrogens (primary N) is 1. The summed E-state index contributed by atoms with van der Waals surface area (Å²) in [6.07, 6.45) is 1.57. The van der Waals surface area contributed by atoms with Gasteiger partial charge >= 0.3 is 0 Å². The van der Waals surface area contributed by atoms with Gasteiger partial charge in [-0.2, -0.15) is 0 Å². The molecule has 0 spiro atoms. The Morgan fingerprint density at radius 2 is 2.27 bits per heavy atom. The predicted octanol–water partition coefficient (Wildman–Crippen LogP) is 1.77. The highest BCUT2D eigenvalue weighted by Crippen LogP contribution is 2.46. The van der Waals surface area contributed by atoms with Crippen molar-refractivity contribution in [3.8, 4) is 17.2 Å². The molecule has 0 aliphatic carbocycles. The third-order valence-electron chi connectivity index (χ3n) is 2.31. The predicted molar refractivity (Wildman–Crippen MR) is 59.3 cm³/mol. The highest BCUT2D eigenvalue weighted by molar-refractivity contribution is 9.10. The van der Waals surface area contributed by atoms with Crippen LogP contribution in [0.4, 0.5) is 0 Å². The number of phenolic OH excluding ortho intramolecular Hbond substituents is 1. The number of hydrogen-bond acceptors (Lipinski definition) is 4. The van der Waals surface area contributed by atoms with E-state index in [1.54, 1.807) is 6.07 Å². The lowest BCUT2D eigenvalue weighted by atomic mass is 10.1. The van der Waals surface area contributed by atoms with Crippen molar-refractivity contribution in [1.29, 1.82) is 0 Å². The van der Waals surface area contributed by atoms with Gasteiger partial charge in [0.05, 0.1) is 0 Å². The van der Waals surface area contributed by atoms with Crippen LogP contribution in [-0.2, 0) is 6.42 Å². The Bertz CT molecular complexity index is 381. The maximum absolute atomic E-state index is 9.87. The van der Waals surface area contributed by atoms with Gasteiger partial charge < -0.3 is 20.3 Å². The van der Waals surface area contributed by atoms with Gasteiger partial charge in [0.15, 0.2) is 11.5 Å². The van der Waals surface area contributed by atoms with Crippen LogP contribution in [0.1, 0.15) is 12.0 Å². The van der Waals surface area contributed by atoms with Gasteiger partial charge in [-0.15, -0.1) is 0 Å². The molecular formula is C10H12BrNO3. The maximum atomic E-state index is 9.87. The Morgan fingerprint density at radius 1 is 1.47 bits per heavy atom. The first kappa shape index (κ1) is 10.6. The molecule has 3 N–H and O–H groups in total. The molecule has 15 heavy (non-hydrogen) atoms. The molecule has 4 nitrogen and oxygen atoms in total. The van der Waals surface area contributed by atoms with Gasteiger partial charge in [-0.3, -0.25) is 0 Å². The number of phenols is 1. The molecule has 1 aliphatic heterocycles. The smallest absolute Gasteiger partial charge is 0.231 e. The molecule has 0 atom stereocenters. The Hall–Kier alpha value is -0.940. The van der Waals surface area contributed by atoms with Crippen molar-refractivity contribution in [3.05, 3.63) is 16.1 Å². The largest absolute Gasteiger partial charge is 0.506 e. The minimum absolute atomic E-state index is 0.202. The third kappa shape index (κ3) is 1.89. The van der Waals surface area contributed by atoms with Crippen molar-refractivity contribution in [2.24, 2.45) is 5.73 Å². The van der Waals surface area contributed by atoms with Crippen molar-refractivity contribution in [1.82, 2.24) is 0 Å². The quantitative estimate of drug-likeness (QED) is 0.881. The van der Waals surface area contributed by atoms with E-state index in [-0.39, 0.29) is 12.5 Å². The zero-order chi connectivity index (χ0) is 10.8. The summed E-state index contributed by atoms with van der Waals surface area (Å²) in [4.78, 5) is 0. The van der Waals surface area contributed by atoms with E-state index < -0.39 is 0 Å². The second kappa shape index (κ2) is 4.28. The molecule has 1 heterocycles. The number of aryl methyl sites for hydroxylation is 1. The molecule has 1 aliphatic rings. The van der Waals surface area contributed by atoms with Gasteiger partial charge in [0.1, 0.15) is 10.2 Å². The number of aromatic hydroxyl groups is 1. The van der Waals surface area contributed by atoms with E-state index in [1.165, 1.54) is 0 Å². The molecule has 0 saturated heterocycles. The summed E-state index contributed by atoms with van der Waals surface area (Å²) < 4.78 is 11.0. The number of hydrogen-bond donors (Lipinski definition) is 2. The van der Waals surface area contributed by atoms with Crippen molar-refractivity contribution in [2.75, 3.05) is 13.3 Å². The maximum Gasteiger partial charge on any atom is 0.231 e.